The van der Waals surface area contributed by atoms with Crippen molar-refractivity contribution in [2.45, 2.75) is 38.9 Å². The summed E-state index contributed by atoms with van der Waals surface area (Å²) in [6.07, 6.45) is 0.766. The Labute approximate surface area is 188 Å². The van der Waals surface area contributed by atoms with Crippen molar-refractivity contribution in [2.24, 2.45) is 0 Å². The second-order valence-electron chi connectivity index (χ2n) is 8.80. The maximum Gasteiger partial charge on any atom is 0.495 e. The molecule has 0 N–H and O–H groups in total. The summed E-state index contributed by atoms with van der Waals surface area (Å²) in [5, 5.41) is 0. The van der Waals surface area contributed by atoms with Crippen LogP contribution >= 0.6 is 0 Å². The molecule has 2 aliphatic heterocycles. The van der Waals surface area contributed by atoms with Gasteiger partial charge in [0.1, 0.15) is 17.9 Å². The molecule has 2 aromatic rings. The third-order valence-corrected chi connectivity index (χ3v) is 6.17. The molecule has 0 saturated carbocycles. The monoisotopic (exact) mass is 435 g/mol. The van der Waals surface area contributed by atoms with E-state index in [0.29, 0.717) is 60.5 Å². The van der Waals surface area contributed by atoms with Crippen LogP contribution in [-0.2, 0) is 14.0 Å². The van der Waals surface area contributed by atoms with E-state index >= 15 is 0 Å². The minimum Gasteiger partial charge on any atom is -0.439 e. The van der Waals surface area contributed by atoms with E-state index in [-0.39, 0.29) is 0 Å². The lowest BCUT2D eigenvalue weighted by molar-refractivity contribution is 0.00578. The van der Waals surface area contributed by atoms with Crippen LogP contribution in [0.4, 0.5) is 11.5 Å². The highest BCUT2D eigenvalue weighted by Gasteiger charge is 2.52. The zero-order valence-electron chi connectivity index (χ0n) is 18.8. The number of pyridine rings is 1. The summed E-state index contributed by atoms with van der Waals surface area (Å²) in [5.74, 6) is 1.38. The molecule has 4 rings (SSSR count). The first-order chi connectivity index (χ1) is 15.2. The molecular weight excluding hydrogens is 409 g/mol. The van der Waals surface area contributed by atoms with Gasteiger partial charge in [-0.15, -0.1) is 0 Å². The lowest BCUT2D eigenvalue weighted by atomic mass is 9.76. The molecule has 2 saturated heterocycles. The molecule has 0 spiro atoms. The van der Waals surface area contributed by atoms with Gasteiger partial charge < -0.3 is 23.7 Å². The molecule has 0 aliphatic carbocycles. The molecule has 32 heavy (non-hydrogen) atoms. The maximum absolute atomic E-state index is 11.8. The molecule has 0 atom stereocenters. The summed E-state index contributed by atoms with van der Waals surface area (Å²) >= 11 is 0. The number of morpholine rings is 1. The minimum absolute atomic E-state index is 0.346. The van der Waals surface area contributed by atoms with E-state index < -0.39 is 18.3 Å². The lowest BCUT2D eigenvalue weighted by Gasteiger charge is -2.32. The van der Waals surface area contributed by atoms with Gasteiger partial charge >= 0.3 is 7.12 Å². The Kier molecular flexibility index (Phi) is 5.95. The van der Waals surface area contributed by atoms with Crippen LogP contribution < -0.4 is 15.1 Å². The highest BCUT2D eigenvalue weighted by molar-refractivity contribution is 6.63. The number of carbonyl (C=O) groups excluding carboxylic acids is 1. The van der Waals surface area contributed by atoms with Gasteiger partial charge in [0.25, 0.3) is 0 Å². The third-order valence-electron chi connectivity index (χ3n) is 6.17. The summed E-state index contributed by atoms with van der Waals surface area (Å²) in [4.78, 5) is 22.0. The van der Waals surface area contributed by atoms with Gasteiger partial charge in [0.2, 0.25) is 11.6 Å². The standard InChI is InChI=1S/C23H26BN3O5/c1-22(2)23(3,4)32-24(31-22)18-7-6-17(14-16(18)15-28)30-20-9-8-19(25-5)21(26-20)27-10-12-29-13-11-27/h6-9,14-15H,10-13H2,1-4H3. The number of aromatic nitrogens is 1. The zero-order valence-corrected chi connectivity index (χ0v) is 18.8. The van der Waals surface area contributed by atoms with Gasteiger partial charge in [0, 0.05) is 18.7 Å². The molecule has 9 heteroatoms. The van der Waals surface area contributed by atoms with E-state index in [9.17, 15) is 4.79 Å². The van der Waals surface area contributed by atoms with Gasteiger partial charge in [0.05, 0.1) is 31.0 Å². The molecule has 0 amide bonds. The van der Waals surface area contributed by atoms with E-state index in [1.807, 2.05) is 32.6 Å². The largest absolute Gasteiger partial charge is 0.495 e. The topological polar surface area (TPSA) is 74.5 Å². The molecule has 1 aromatic carbocycles. The third kappa shape index (κ3) is 4.22. The molecule has 0 bridgehead atoms. The van der Waals surface area contributed by atoms with E-state index in [4.69, 9.17) is 25.4 Å². The minimum atomic E-state index is -0.641. The summed E-state index contributed by atoms with van der Waals surface area (Å²) < 4.78 is 23.5. The Morgan fingerprint density at radius 1 is 1.12 bits per heavy atom. The van der Waals surface area contributed by atoms with Gasteiger partial charge in [0.15, 0.2) is 0 Å². The van der Waals surface area contributed by atoms with Crippen LogP contribution in [0.15, 0.2) is 30.3 Å². The van der Waals surface area contributed by atoms with Crippen molar-refractivity contribution in [2.75, 3.05) is 31.2 Å². The Balaban J connectivity index is 1.58. The average molecular weight is 435 g/mol. The summed E-state index contributed by atoms with van der Waals surface area (Å²) in [6, 6.07) is 8.52. The molecule has 3 heterocycles. The fourth-order valence-electron chi connectivity index (χ4n) is 3.60. The number of hydrogen-bond acceptors (Lipinski definition) is 7. The number of nitrogens with zero attached hydrogens (tertiary/aromatic N) is 3. The van der Waals surface area contributed by atoms with Gasteiger partial charge in [-0.25, -0.2) is 9.83 Å². The molecule has 2 fully saturated rings. The fourth-order valence-corrected chi connectivity index (χ4v) is 3.60. The summed E-state index contributed by atoms with van der Waals surface area (Å²) in [7, 11) is -0.641. The summed E-state index contributed by atoms with van der Waals surface area (Å²) in [6.45, 7) is 17.8. The number of carbonyl (C=O) groups is 1. The number of hydrogen-bond donors (Lipinski definition) is 0. The van der Waals surface area contributed by atoms with Crippen molar-refractivity contribution in [1.29, 1.82) is 0 Å². The molecule has 166 valence electrons. The molecule has 0 unspecified atom stereocenters. The number of aldehydes is 1. The Hall–Kier alpha value is -2.93. The van der Waals surface area contributed by atoms with E-state index in [2.05, 4.69) is 9.83 Å². The van der Waals surface area contributed by atoms with E-state index in [1.165, 1.54) is 0 Å². The number of rotatable bonds is 5. The smallest absolute Gasteiger partial charge is 0.439 e. The lowest BCUT2D eigenvalue weighted by Crippen LogP contribution is -2.41. The first-order valence-corrected chi connectivity index (χ1v) is 10.6. The second-order valence-corrected chi connectivity index (χ2v) is 8.80. The highest BCUT2D eigenvalue weighted by atomic mass is 16.7. The number of benzene rings is 1. The Bertz CT molecular complexity index is 1040. The first-order valence-electron chi connectivity index (χ1n) is 10.6. The van der Waals surface area contributed by atoms with Gasteiger partial charge in [-0.05, 0) is 57.4 Å². The molecule has 0 radical (unpaired) electrons. The average Bonchev–Trinajstić information content (AvgIpc) is 3.00. The van der Waals surface area contributed by atoms with Crippen molar-refractivity contribution in [3.63, 3.8) is 0 Å². The van der Waals surface area contributed by atoms with Crippen molar-refractivity contribution < 1.29 is 23.6 Å². The maximum atomic E-state index is 11.8. The number of ether oxygens (including phenoxy) is 2. The predicted molar refractivity (Wildman–Crippen MR) is 121 cm³/mol. The molecule has 8 nitrogen and oxygen atoms in total. The van der Waals surface area contributed by atoms with Gasteiger partial charge in [-0.1, -0.05) is 6.07 Å². The van der Waals surface area contributed by atoms with Crippen molar-refractivity contribution >= 4 is 30.4 Å². The normalized spacial score (nSPS) is 19.5. The fraction of sp³-hybridized carbons (Fsp3) is 0.435. The first kappa shape index (κ1) is 22.3. The number of anilines is 1. The molecular formula is C23H26BN3O5. The Morgan fingerprint density at radius 3 is 2.44 bits per heavy atom. The second kappa shape index (κ2) is 8.55. The van der Waals surface area contributed by atoms with Crippen molar-refractivity contribution in [3.8, 4) is 11.6 Å². The molecule has 1 aromatic heterocycles. The van der Waals surface area contributed by atoms with Crippen molar-refractivity contribution in [3.05, 3.63) is 47.3 Å². The van der Waals surface area contributed by atoms with E-state index in [1.54, 1.807) is 30.3 Å². The van der Waals surface area contributed by atoms with E-state index in [0.717, 1.165) is 6.29 Å². The molecule has 2 aliphatic rings. The highest BCUT2D eigenvalue weighted by Crippen LogP contribution is 2.37. The van der Waals surface area contributed by atoms with Crippen LogP contribution in [0.25, 0.3) is 4.85 Å². The van der Waals surface area contributed by atoms with Gasteiger partial charge in [-0.3, -0.25) is 4.79 Å². The predicted octanol–water partition coefficient (Wildman–Crippen LogP) is 3.37. The summed E-state index contributed by atoms with van der Waals surface area (Å²) in [5.41, 5.74) is 0.530. The van der Waals surface area contributed by atoms with Crippen LogP contribution in [0, 0.1) is 6.57 Å². The van der Waals surface area contributed by atoms with Crippen LogP contribution in [0.2, 0.25) is 0 Å². The Morgan fingerprint density at radius 2 is 1.81 bits per heavy atom. The van der Waals surface area contributed by atoms with Crippen molar-refractivity contribution in [1.82, 2.24) is 4.98 Å². The van der Waals surface area contributed by atoms with Crippen LogP contribution in [0.5, 0.6) is 11.6 Å². The van der Waals surface area contributed by atoms with Crippen LogP contribution in [0.3, 0.4) is 0 Å². The van der Waals surface area contributed by atoms with Gasteiger partial charge in [-0.2, -0.15) is 0 Å². The SMILES string of the molecule is [C-]#[N+]c1ccc(Oc2ccc(B3OC(C)(C)C(C)(C)O3)c(C=O)c2)nc1N1CCOCC1. The van der Waals surface area contributed by atoms with Crippen LogP contribution in [0.1, 0.15) is 38.1 Å². The zero-order chi connectivity index (χ0) is 22.9. The van der Waals surface area contributed by atoms with Crippen LogP contribution in [-0.4, -0.2) is 55.9 Å². The quantitative estimate of drug-likeness (QED) is 0.405.